The number of pyridine rings is 1. The average Bonchev–Trinajstić information content (AvgIpc) is 3.59. The zero-order valence-corrected chi connectivity index (χ0v) is 27.3. The summed E-state index contributed by atoms with van der Waals surface area (Å²) < 4.78 is 6.31. The number of hydrogen-bond donors (Lipinski definition) is 1. The first-order valence-corrected chi connectivity index (χ1v) is 16.9. The molecule has 3 heterocycles. The Balaban J connectivity index is 1.33. The number of nitrogens with zero attached hydrogens (tertiary/aromatic N) is 3. The van der Waals surface area contributed by atoms with E-state index < -0.39 is 5.97 Å². The summed E-state index contributed by atoms with van der Waals surface area (Å²) in [4.78, 5) is 47.7. The number of aromatic nitrogens is 1. The molecule has 2 aliphatic carbocycles. The molecular weight excluding hydrogens is 574 g/mol. The lowest BCUT2D eigenvalue weighted by molar-refractivity contribution is -0.128. The molecule has 0 bridgehead atoms. The predicted molar refractivity (Wildman–Crippen MR) is 172 cm³/mol. The minimum atomic E-state index is -1.03. The first kappa shape index (κ1) is 32.0. The topological polar surface area (TPSA) is 100 Å². The van der Waals surface area contributed by atoms with Crippen molar-refractivity contribution in [2.45, 2.75) is 111 Å². The van der Waals surface area contributed by atoms with E-state index in [1.807, 2.05) is 48.8 Å². The number of thiophene rings is 1. The maximum absolute atomic E-state index is 14.2. The van der Waals surface area contributed by atoms with Gasteiger partial charge in [-0.3, -0.25) is 9.59 Å². The Hall–Kier alpha value is -3.38. The van der Waals surface area contributed by atoms with Gasteiger partial charge in [-0.05, 0) is 102 Å². The summed E-state index contributed by atoms with van der Waals surface area (Å²) >= 11 is 1.16. The molecule has 1 aliphatic heterocycles. The minimum Gasteiger partial charge on any atom is -0.477 e. The van der Waals surface area contributed by atoms with E-state index in [1.54, 1.807) is 6.20 Å². The molecule has 3 fully saturated rings. The van der Waals surface area contributed by atoms with Crippen molar-refractivity contribution in [2.24, 2.45) is 17.3 Å². The van der Waals surface area contributed by atoms with Gasteiger partial charge in [0.1, 0.15) is 11.0 Å². The van der Waals surface area contributed by atoms with Crippen LogP contribution in [0.1, 0.15) is 112 Å². The molecule has 2 saturated carbocycles. The number of likely N-dealkylation sites (tertiary alicyclic amines) is 1. The number of amides is 2. The van der Waals surface area contributed by atoms with E-state index >= 15 is 0 Å². The maximum Gasteiger partial charge on any atom is 0.348 e. The summed E-state index contributed by atoms with van der Waals surface area (Å²) in [7, 11) is 0. The summed E-state index contributed by atoms with van der Waals surface area (Å²) in [6, 6.07) is 5.55. The third-order valence-corrected chi connectivity index (χ3v) is 10.00. The number of carbonyl (C=O) groups is 3. The lowest BCUT2D eigenvalue weighted by Gasteiger charge is -2.39. The predicted octanol–water partition coefficient (Wildman–Crippen LogP) is 6.91. The minimum absolute atomic E-state index is 0.0442. The maximum atomic E-state index is 14.2. The lowest BCUT2D eigenvalue weighted by Crippen LogP contribution is -2.47. The van der Waals surface area contributed by atoms with Gasteiger partial charge in [-0.1, -0.05) is 18.8 Å². The number of carboxylic acid groups (broad SMARTS) is 1. The van der Waals surface area contributed by atoms with Gasteiger partial charge in [-0.25, -0.2) is 9.78 Å². The van der Waals surface area contributed by atoms with Crippen molar-refractivity contribution in [3.63, 3.8) is 0 Å². The number of rotatable bonds is 8. The van der Waals surface area contributed by atoms with Crippen molar-refractivity contribution in [1.82, 2.24) is 9.88 Å². The third-order valence-electron chi connectivity index (χ3n) is 8.97. The van der Waals surface area contributed by atoms with E-state index in [4.69, 9.17) is 4.74 Å². The van der Waals surface area contributed by atoms with E-state index in [0.717, 1.165) is 68.4 Å². The second-order valence-corrected chi connectivity index (χ2v) is 14.8. The zero-order chi connectivity index (χ0) is 31.4. The quantitative estimate of drug-likeness (QED) is 0.322. The summed E-state index contributed by atoms with van der Waals surface area (Å²) in [5, 5.41) is 10.2. The Kier molecular flexibility index (Phi) is 9.99. The fraction of sp³-hybridized carbons (Fsp3) is 0.600. The van der Waals surface area contributed by atoms with E-state index in [2.05, 4.69) is 23.7 Å². The van der Waals surface area contributed by atoms with Crippen LogP contribution in [0.3, 0.4) is 0 Å². The van der Waals surface area contributed by atoms with Crippen LogP contribution in [-0.2, 0) is 16.1 Å². The normalized spacial score (nSPS) is 24.0. The highest BCUT2D eigenvalue weighted by atomic mass is 32.1. The highest BCUT2D eigenvalue weighted by Crippen LogP contribution is 2.39. The lowest BCUT2D eigenvalue weighted by atomic mass is 9.81. The molecule has 8 nitrogen and oxygen atoms in total. The summed E-state index contributed by atoms with van der Waals surface area (Å²) in [5.74, 6) is 6.65. The molecule has 0 atom stereocenters. The van der Waals surface area contributed by atoms with E-state index in [1.165, 1.54) is 0 Å². The molecule has 0 spiro atoms. The smallest absolute Gasteiger partial charge is 0.348 e. The van der Waals surface area contributed by atoms with Crippen molar-refractivity contribution in [1.29, 1.82) is 0 Å². The molecule has 2 aromatic rings. The van der Waals surface area contributed by atoms with Crippen LogP contribution in [0.4, 0.5) is 5.69 Å². The molecule has 2 aromatic heterocycles. The number of anilines is 1. The van der Waals surface area contributed by atoms with Crippen LogP contribution in [0.2, 0.25) is 0 Å². The number of carbonyl (C=O) groups excluding carboxylic acids is 2. The van der Waals surface area contributed by atoms with Crippen molar-refractivity contribution >= 4 is 34.8 Å². The molecule has 0 radical (unpaired) electrons. The Morgan fingerprint density at radius 1 is 1.11 bits per heavy atom. The van der Waals surface area contributed by atoms with Gasteiger partial charge in [-0.15, -0.1) is 11.3 Å². The third kappa shape index (κ3) is 8.01. The highest BCUT2D eigenvalue weighted by molar-refractivity contribution is 7.15. The number of carboxylic acids is 1. The standard InChI is InChI=1S/C35H45N3O5S/c1-23-7-9-25(10-8-23)33(40)38(29-21-28(15-17-35(2,3)4)44-32(29)34(41)42)26-11-13-27(14-12-26)43-30-20-24(16-18-36-30)22-37-19-5-6-31(37)39/h16,18,20-21,23,25-27H,5-14,19,22H2,1-4H3,(H,41,42)/t23-,25-,26?,27?. The van der Waals surface area contributed by atoms with Gasteiger partial charge in [0.15, 0.2) is 0 Å². The first-order chi connectivity index (χ1) is 21.0. The molecule has 236 valence electrons. The average molecular weight is 620 g/mol. The zero-order valence-electron chi connectivity index (χ0n) is 26.4. The molecule has 0 unspecified atom stereocenters. The Morgan fingerprint density at radius 3 is 2.48 bits per heavy atom. The van der Waals surface area contributed by atoms with Crippen LogP contribution < -0.4 is 9.64 Å². The molecule has 9 heteroatoms. The molecule has 1 N–H and O–H groups in total. The number of ether oxygens (including phenoxy) is 1. The van der Waals surface area contributed by atoms with Crippen molar-refractivity contribution < 1.29 is 24.2 Å². The summed E-state index contributed by atoms with van der Waals surface area (Å²) in [5.41, 5.74) is 1.27. The molecule has 44 heavy (non-hydrogen) atoms. The van der Waals surface area contributed by atoms with Gasteiger partial charge in [-0.2, -0.15) is 0 Å². The second kappa shape index (κ2) is 13.7. The molecule has 5 rings (SSSR count). The van der Waals surface area contributed by atoms with Crippen LogP contribution >= 0.6 is 11.3 Å². The number of aromatic carboxylic acids is 1. The van der Waals surface area contributed by atoms with Crippen molar-refractivity contribution in [3.05, 3.63) is 39.7 Å². The molecule has 0 aromatic carbocycles. The van der Waals surface area contributed by atoms with Gasteiger partial charge in [0.2, 0.25) is 17.7 Å². The summed E-state index contributed by atoms with van der Waals surface area (Å²) in [6.07, 6.45) is 9.78. The van der Waals surface area contributed by atoms with Crippen LogP contribution in [-0.4, -0.2) is 51.5 Å². The largest absolute Gasteiger partial charge is 0.477 e. The Bertz CT molecular complexity index is 1420. The Morgan fingerprint density at radius 2 is 1.84 bits per heavy atom. The Labute approximate surface area is 265 Å². The number of hydrogen-bond acceptors (Lipinski definition) is 6. The van der Waals surface area contributed by atoms with Gasteiger partial charge in [0, 0.05) is 49.1 Å². The van der Waals surface area contributed by atoms with Crippen LogP contribution in [0.5, 0.6) is 5.88 Å². The second-order valence-electron chi connectivity index (χ2n) is 13.8. The fourth-order valence-electron chi connectivity index (χ4n) is 6.52. The van der Waals surface area contributed by atoms with Gasteiger partial charge in [0.05, 0.1) is 10.6 Å². The van der Waals surface area contributed by atoms with E-state index in [9.17, 15) is 19.5 Å². The molecule has 1 saturated heterocycles. The van der Waals surface area contributed by atoms with Gasteiger partial charge >= 0.3 is 5.97 Å². The SMILES string of the molecule is CC(C)(C)C#Cc1cc(N(C(=O)[C@H]2CC[C@H](C)CC2)C2CCC(Oc3cc(CN4CCCC4=O)ccn3)CC2)c(C(=O)O)s1. The molecular formula is C35H45N3O5S. The molecule has 2 amide bonds. The van der Waals surface area contributed by atoms with Gasteiger partial charge < -0.3 is 19.6 Å². The van der Waals surface area contributed by atoms with Crippen LogP contribution in [0.25, 0.3) is 0 Å². The van der Waals surface area contributed by atoms with Crippen LogP contribution in [0, 0.1) is 29.1 Å². The van der Waals surface area contributed by atoms with E-state index in [0.29, 0.717) is 48.2 Å². The van der Waals surface area contributed by atoms with Crippen molar-refractivity contribution in [2.75, 3.05) is 11.4 Å². The van der Waals surface area contributed by atoms with Crippen molar-refractivity contribution in [3.8, 4) is 17.7 Å². The highest BCUT2D eigenvalue weighted by Gasteiger charge is 2.38. The monoisotopic (exact) mass is 619 g/mol. The summed E-state index contributed by atoms with van der Waals surface area (Å²) in [6.45, 7) is 9.65. The first-order valence-electron chi connectivity index (χ1n) is 16.1. The van der Waals surface area contributed by atoms with Crippen LogP contribution in [0.15, 0.2) is 24.4 Å². The van der Waals surface area contributed by atoms with Gasteiger partial charge in [0.25, 0.3) is 0 Å². The molecule has 3 aliphatic rings. The van der Waals surface area contributed by atoms with E-state index in [-0.39, 0.29) is 40.2 Å². The fourth-order valence-corrected chi connectivity index (χ4v) is 7.36.